The molecule has 0 bridgehead atoms. The third-order valence-corrected chi connectivity index (χ3v) is 4.73. The van der Waals surface area contributed by atoms with Gasteiger partial charge in [-0.05, 0) is 32.1 Å². The lowest BCUT2D eigenvalue weighted by molar-refractivity contribution is -0.143. The van der Waals surface area contributed by atoms with E-state index in [9.17, 15) is 14.7 Å². The van der Waals surface area contributed by atoms with Gasteiger partial charge in [-0.15, -0.1) is 0 Å². The highest BCUT2D eigenvalue weighted by molar-refractivity contribution is 5.91. The molecule has 0 spiro atoms. The first-order valence-corrected chi connectivity index (χ1v) is 7.76. The molecule has 2 fully saturated rings. The summed E-state index contributed by atoms with van der Waals surface area (Å²) in [6, 6.07) is 1.29. The molecule has 1 aliphatic heterocycles. The van der Waals surface area contributed by atoms with Crippen molar-refractivity contribution in [2.45, 2.75) is 51.1 Å². The third-order valence-electron chi connectivity index (χ3n) is 4.73. The summed E-state index contributed by atoms with van der Waals surface area (Å²) >= 11 is 0. The second kappa shape index (κ2) is 6.08. The van der Waals surface area contributed by atoms with Crippen LogP contribution in [-0.4, -0.2) is 45.7 Å². The number of aryl methyl sites for hydroxylation is 1. The van der Waals surface area contributed by atoms with Gasteiger partial charge in [-0.3, -0.25) is 14.5 Å². The van der Waals surface area contributed by atoms with Crippen LogP contribution in [0.1, 0.15) is 37.9 Å². The van der Waals surface area contributed by atoms with Crippen molar-refractivity contribution in [1.82, 2.24) is 10.1 Å². The molecule has 1 saturated heterocycles. The van der Waals surface area contributed by atoms with Gasteiger partial charge in [0.15, 0.2) is 5.82 Å². The standard InChI is InChI=1S/C15H21N3O4/c1-9-6-13(17-22-9)16-14(19)8-18-11-5-3-2-4-10(11)7-12(18)15(20)21/h6,10-12H,2-5,7-8H2,1H3,(H,20,21)(H,16,17,19). The molecule has 1 aromatic heterocycles. The van der Waals surface area contributed by atoms with Crippen LogP contribution in [0.3, 0.4) is 0 Å². The lowest BCUT2D eigenvalue weighted by Gasteiger charge is -2.32. The summed E-state index contributed by atoms with van der Waals surface area (Å²) in [7, 11) is 0. The van der Waals surface area contributed by atoms with E-state index in [0.29, 0.717) is 23.9 Å². The normalized spacial score (nSPS) is 28.3. The number of rotatable bonds is 4. The second-order valence-electron chi connectivity index (χ2n) is 6.24. The number of likely N-dealkylation sites (tertiary alicyclic amines) is 1. The summed E-state index contributed by atoms with van der Waals surface area (Å²) in [5.41, 5.74) is 0. The average molecular weight is 307 g/mol. The summed E-state index contributed by atoms with van der Waals surface area (Å²) in [4.78, 5) is 25.5. The van der Waals surface area contributed by atoms with Crippen molar-refractivity contribution in [3.63, 3.8) is 0 Å². The highest BCUT2D eigenvalue weighted by Crippen LogP contribution is 2.39. The molecule has 2 aliphatic rings. The van der Waals surface area contributed by atoms with Crippen molar-refractivity contribution < 1.29 is 19.2 Å². The maximum absolute atomic E-state index is 12.2. The van der Waals surface area contributed by atoms with Gasteiger partial charge in [0.2, 0.25) is 5.91 Å². The van der Waals surface area contributed by atoms with E-state index in [-0.39, 0.29) is 18.5 Å². The lowest BCUT2D eigenvalue weighted by atomic mass is 9.85. The number of amides is 1. The van der Waals surface area contributed by atoms with Crippen LogP contribution in [0.25, 0.3) is 0 Å². The highest BCUT2D eigenvalue weighted by Gasteiger charge is 2.45. The van der Waals surface area contributed by atoms with Gasteiger partial charge in [0.25, 0.3) is 0 Å². The van der Waals surface area contributed by atoms with E-state index >= 15 is 0 Å². The first-order chi connectivity index (χ1) is 10.5. The molecule has 0 radical (unpaired) electrons. The van der Waals surface area contributed by atoms with Crippen LogP contribution in [0.2, 0.25) is 0 Å². The SMILES string of the molecule is Cc1cc(NC(=O)CN2C(C(=O)O)CC3CCCCC32)no1. The Labute approximate surface area is 128 Å². The summed E-state index contributed by atoms with van der Waals surface area (Å²) < 4.78 is 4.91. The number of nitrogens with one attached hydrogen (secondary N) is 1. The molecular formula is C15H21N3O4. The minimum Gasteiger partial charge on any atom is -0.480 e. The number of carboxylic acids is 1. The second-order valence-corrected chi connectivity index (χ2v) is 6.24. The number of aromatic nitrogens is 1. The van der Waals surface area contributed by atoms with E-state index in [1.54, 1.807) is 13.0 Å². The van der Waals surface area contributed by atoms with Crippen molar-refractivity contribution in [1.29, 1.82) is 0 Å². The lowest BCUT2D eigenvalue weighted by Crippen LogP contribution is -2.46. The number of carbonyl (C=O) groups excluding carboxylic acids is 1. The Bertz CT molecular complexity index is 571. The van der Waals surface area contributed by atoms with Crippen LogP contribution in [-0.2, 0) is 9.59 Å². The molecule has 7 nitrogen and oxygen atoms in total. The fourth-order valence-electron chi connectivity index (χ4n) is 3.80. The Morgan fingerprint density at radius 2 is 2.23 bits per heavy atom. The topological polar surface area (TPSA) is 95.7 Å². The van der Waals surface area contributed by atoms with Crippen molar-refractivity contribution in [3.8, 4) is 0 Å². The zero-order valence-electron chi connectivity index (χ0n) is 12.6. The van der Waals surface area contributed by atoms with E-state index in [2.05, 4.69) is 10.5 Å². The first-order valence-electron chi connectivity index (χ1n) is 7.76. The van der Waals surface area contributed by atoms with E-state index in [4.69, 9.17) is 4.52 Å². The van der Waals surface area contributed by atoms with Crippen LogP contribution in [0.5, 0.6) is 0 Å². The molecule has 3 unspecified atom stereocenters. The van der Waals surface area contributed by atoms with Gasteiger partial charge in [-0.2, -0.15) is 0 Å². The van der Waals surface area contributed by atoms with Crippen molar-refractivity contribution in [2.75, 3.05) is 11.9 Å². The number of carbonyl (C=O) groups is 2. The monoisotopic (exact) mass is 307 g/mol. The van der Waals surface area contributed by atoms with Gasteiger partial charge in [0.05, 0.1) is 6.54 Å². The molecule has 1 aliphatic carbocycles. The van der Waals surface area contributed by atoms with Crippen LogP contribution in [0, 0.1) is 12.8 Å². The van der Waals surface area contributed by atoms with E-state index in [1.807, 2.05) is 4.90 Å². The van der Waals surface area contributed by atoms with Gasteiger partial charge in [-0.1, -0.05) is 18.0 Å². The Morgan fingerprint density at radius 1 is 1.45 bits per heavy atom. The molecular weight excluding hydrogens is 286 g/mol. The van der Waals surface area contributed by atoms with E-state index in [1.165, 1.54) is 0 Å². The first kappa shape index (κ1) is 15.0. The zero-order valence-corrected chi connectivity index (χ0v) is 12.6. The largest absolute Gasteiger partial charge is 0.480 e. The minimum atomic E-state index is -0.834. The fraction of sp³-hybridized carbons (Fsp3) is 0.667. The number of anilines is 1. The molecule has 22 heavy (non-hydrogen) atoms. The predicted octanol–water partition coefficient (Wildman–Crippen LogP) is 1.64. The van der Waals surface area contributed by atoms with Gasteiger partial charge < -0.3 is 14.9 Å². The van der Waals surface area contributed by atoms with Gasteiger partial charge in [0, 0.05) is 12.1 Å². The summed E-state index contributed by atoms with van der Waals surface area (Å²) in [5, 5.41) is 15.8. The molecule has 1 aromatic rings. The quantitative estimate of drug-likeness (QED) is 0.878. The van der Waals surface area contributed by atoms with Gasteiger partial charge in [0.1, 0.15) is 11.8 Å². The molecule has 3 atom stereocenters. The summed E-state index contributed by atoms with van der Waals surface area (Å²) in [6.07, 6.45) is 4.95. The smallest absolute Gasteiger partial charge is 0.320 e. The fourth-order valence-corrected chi connectivity index (χ4v) is 3.80. The number of nitrogens with zero attached hydrogens (tertiary/aromatic N) is 2. The minimum absolute atomic E-state index is 0.0873. The molecule has 1 amide bonds. The molecule has 0 aromatic carbocycles. The maximum atomic E-state index is 12.2. The van der Waals surface area contributed by atoms with E-state index < -0.39 is 12.0 Å². The number of hydrogen-bond acceptors (Lipinski definition) is 5. The average Bonchev–Trinajstić information content (AvgIpc) is 3.03. The molecule has 3 rings (SSSR count). The van der Waals surface area contributed by atoms with Crippen molar-refractivity contribution in [3.05, 3.63) is 11.8 Å². The maximum Gasteiger partial charge on any atom is 0.320 e. The Balaban J connectivity index is 1.67. The van der Waals surface area contributed by atoms with Crippen molar-refractivity contribution in [2.24, 2.45) is 5.92 Å². The Kier molecular flexibility index (Phi) is 4.15. The molecule has 1 saturated carbocycles. The van der Waals surface area contributed by atoms with Crippen LogP contribution >= 0.6 is 0 Å². The number of carboxylic acid groups (broad SMARTS) is 1. The molecule has 7 heteroatoms. The third kappa shape index (κ3) is 2.99. The Hall–Kier alpha value is -1.89. The highest BCUT2D eigenvalue weighted by atomic mass is 16.5. The zero-order chi connectivity index (χ0) is 15.7. The number of hydrogen-bond donors (Lipinski definition) is 2. The van der Waals surface area contributed by atoms with Crippen molar-refractivity contribution >= 4 is 17.7 Å². The van der Waals surface area contributed by atoms with Crippen LogP contribution in [0.4, 0.5) is 5.82 Å². The van der Waals surface area contributed by atoms with Gasteiger partial charge >= 0.3 is 5.97 Å². The van der Waals surface area contributed by atoms with Gasteiger partial charge in [-0.25, -0.2) is 0 Å². The van der Waals surface area contributed by atoms with E-state index in [0.717, 1.165) is 25.7 Å². The summed E-state index contributed by atoms with van der Waals surface area (Å²) in [5.74, 6) is 0.309. The number of fused-ring (bicyclic) bond motifs is 1. The van der Waals surface area contributed by atoms with Crippen LogP contribution < -0.4 is 5.32 Å². The molecule has 2 heterocycles. The molecule has 120 valence electrons. The summed E-state index contributed by atoms with van der Waals surface area (Å²) in [6.45, 7) is 1.83. The number of aliphatic carboxylic acids is 1. The Morgan fingerprint density at radius 3 is 2.91 bits per heavy atom. The molecule has 2 N–H and O–H groups in total. The predicted molar refractivity (Wildman–Crippen MR) is 78.4 cm³/mol. The van der Waals surface area contributed by atoms with Crippen LogP contribution in [0.15, 0.2) is 10.6 Å².